The fourth-order valence-electron chi connectivity index (χ4n) is 10.4. The Morgan fingerprint density at radius 2 is 0.364 bits per heavy atom. The number of hydrogen-bond acceptors (Lipinski definition) is 6. The maximum atomic E-state index is 9.33. The number of nitrogens with one attached hydrogen (secondary N) is 2. The van der Waals surface area contributed by atoms with Crippen LogP contribution in [0.4, 0.5) is 0 Å². The molecule has 8 bridgehead atoms. The van der Waals surface area contributed by atoms with E-state index in [0.717, 1.165) is 134 Å². The number of rotatable bonds is 4. The summed E-state index contributed by atoms with van der Waals surface area (Å²) in [5, 5.41) is 37.3. The Balaban J connectivity index is 1.01. The molecular formula is C80H42N8. The van der Waals surface area contributed by atoms with Crippen molar-refractivity contribution in [1.29, 1.82) is 21.0 Å². The summed E-state index contributed by atoms with van der Waals surface area (Å²) < 4.78 is 0. The zero-order valence-electron chi connectivity index (χ0n) is 46.8. The highest BCUT2D eigenvalue weighted by Crippen LogP contribution is 2.39. The first kappa shape index (κ1) is 53.8. The zero-order chi connectivity index (χ0) is 59.8. The van der Waals surface area contributed by atoms with Crippen LogP contribution >= 0.6 is 0 Å². The van der Waals surface area contributed by atoms with Crippen molar-refractivity contribution in [2.45, 2.75) is 0 Å². The first-order chi connectivity index (χ1) is 43.3. The topological polar surface area (TPSA) is 153 Å². The first-order valence-electron chi connectivity index (χ1n) is 28.0. The van der Waals surface area contributed by atoms with Gasteiger partial charge in [-0.2, -0.15) is 21.0 Å². The average molecular weight is 1120 g/mol. The van der Waals surface area contributed by atoms with E-state index in [0.29, 0.717) is 22.3 Å². The van der Waals surface area contributed by atoms with E-state index in [2.05, 4.69) is 179 Å². The Kier molecular flexibility index (Phi) is 14.8. The standard InChI is InChI=1S/C80H42N8/c81-49-61-17-9-53(10-18-61)1-5-57-25-33-65(34-26-57)77-69-41-43-71(85-69)78(66-35-27-58(28-36-66)6-2-54-11-19-62(50-82)20-12-54)73-45-47-75(87-73)80(68-39-31-60(32-40-68)8-4-56-15-23-64(52-84)24-16-56)76-48-46-74(88-76)79(72-44-42-70(77)86-72)67-37-29-59(30-38-67)7-3-55-13-21-63(51-83)22-14-55/h9-48,85,88H. The number of aromatic nitrogens is 4. The molecule has 0 fully saturated rings. The van der Waals surface area contributed by atoms with Gasteiger partial charge in [0.05, 0.1) is 69.3 Å². The molecule has 0 atom stereocenters. The molecule has 2 aliphatic rings. The van der Waals surface area contributed by atoms with Gasteiger partial charge in [-0.15, -0.1) is 0 Å². The molecule has 2 aliphatic heterocycles. The highest BCUT2D eigenvalue weighted by Gasteiger charge is 2.19. The van der Waals surface area contributed by atoms with Gasteiger partial charge >= 0.3 is 0 Å². The van der Waals surface area contributed by atoms with Gasteiger partial charge in [0, 0.05) is 88.8 Å². The lowest BCUT2D eigenvalue weighted by molar-refractivity contribution is 1.31. The molecule has 0 amide bonds. The van der Waals surface area contributed by atoms with E-state index in [1.807, 2.05) is 97.1 Å². The lowest BCUT2D eigenvalue weighted by atomic mass is 10.0. The molecule has 8 aromatic carbocycles. The minimum Gasteiger partial charge on any atom is -0.354 e. The first-order valence-corrected chi connectivity index (χ1v) is 28.0. The average Bonchev–Trinajstić information content (AvgIpc) is 4.57. The summed E-state index contributed by atoms with van der Waals surface area (Å²) in [4.78, 5) is 18.8. The predicted octanol–water partition coefficient (Wildman–Crippen LogP) is 16.4. The summed E-state index contributed by atoms with van der Waals surface area (Å²) in [6, 6.07) is 78.7. The lowest BCUT2D eigenvalue weighted by Gasteiger charge is -2.07. The molecule has 0 aliphatic carbocycles. The van der Waals surface area contributed by atoms with E-state index >= 15 is 0 Å². The third-order valence-corrected chi connectivity index (χ3v) is 14.9. The van der Waals surface area contributed by atoms with Crippen LogP contribution in [0, 0.1) is 92.7 Å². The number of fused-ring (bicyclic) bond motifs is 8. The number of benzene rings is 8. The summed E-state index contributed by atoms with van der Waals surface area (Å²) in [6.07, 6.45) is 8.28. The van der Waals surface area contributed by atoms with Crippen LogP contribution in [0.2, 0.25) is 0 Å². The molecule has 2 N–H and O–H groups in total. The SMILES string of the molecule is N#Cc1ccc(C#Cc2ccc(-c3c4nc(c(-c5ccc(C#Cc6ccc(C#N)cc6)cc5)c5ccc([nH]5)c(-c5ccc(C#Cc6ccc(C#N)cc6)cc5)c5nc(c(-c6ccc(C#Cc7ccc(C#N)cc7)cc6)c6ccc3[nH]6)C=C5)C=C4)cc2)cc1. The maximum Gasteiger partial charge on any atom is 0.0991 e. The van der Waals surface area contributed by atoms with Gasteiger partial charge in [-0.25, -0.2) is 9.97 Å². The third kappa shape index (κ3) is 11.7. The van der Waals surface area contributed by atoms with Crippen molar-refractivity contribution in [3.63, 3.8) is 0 Å². The van der Waals surface area contributed by atoms with Crippen LogP contribution < -0.4 is 0 Å². The molecule has 0 unspecified atom stereocenters. The second kappa shape index (κ2) is 24.2. The van der Waals surface area contributed by atoms with Gasteiger partial charge in [-0.1, -0.05) is 95.9 Å². The molecule has 0 saturated carbocycles. The van der Waals surface area contributed by atoms with Crippen molar-refractivity contribution in [3.05, 3.63) is 308 Å². The van der Waals surface area contributed by atoms with E-state index in [-0.39, 0.29) is 0 Å². The van der Waals surface area contributed by atoms with E-state index in [1.54, 1.807) is 48.5 Å². The van der Waals surface area contributed by atoms with Gasteiger partial charge in [0.25, 0.3) is 0 Å². The molecule has 5 heterocycles. The Labute approximate surface area is 508 Å². The van der Waals surface area contributed by atoms with Gasteiger partial charge < -0.3 is 9.97 Å². The fraction of sp³-hybridized carbons (Fsp3) is 0. The smallest absolute Gasteiger partial charge is 0.0991 e. The molecule has 0 radical (unpaired) electrons. The molecule has 11 aromatic rings. The summed E-state index contributed by atoms with van der Waals surface area (Å²) >= 11 is 0. The van der Waals surface area contributed by atoms with Crippen molar-refractivity contribution in [1.82, 2.24) is 19.9 Å². The highest BCUT2D eigenvalue weighted by atomic mass is 14.8. The van der Waals surface area contributed by atoms with E-state index in [1.165, 1.54) is 0 Å². The molecule has 88 heavy (non-hydrogen) atoms. The summed E-state index contributed by atoms with van der Waals surface area (Å²) in [6.45, 7) is 0. The lowest BCUT2D eigenvalue weighted by Crippen LogP contribution is -1.90. The van der Waals surface area contributed by atoms with Crippen LogP contribution in [0.5, 0.6) is 0 Å². The number of nitrogens with zero attached hydrogens (tertiary/aromatic N) is 6. The summed E-state index contributed by atoms with van der Waals surface area (Å²) in [7, 11) is 0. The van der Waals surface area contributed by atoms with Crippen LogP contribution in [-0.4, -0.2) is 19.9 Å². The normalized spacial score (nSPS) is 10.7. The quantitative estimate of drug-likeness (QED) is 0.167. The van der Waals surface area contributed by atoms with Gasteiger partial charge in [0.2, 0.25) is 0 Å². The fourth-order valence-corrected chi connectivity index (χ4v) is 10.4. The molecule has 0 saturated heterocycles. The van der Waals surface area contributed by atoms with Crippen molar-refractivity contribution >= 4 is 46.4 Å². The minimum atomic E-state index is 0.580. The number of aromatic amines is 2. The van der Waals surface area contributed by atoms with E-state index < -0.39 is 0 Å². The largest absolute Gasteiger partial charge is 0.354 e. The monoisotopic (exact) mass is 1110 g/mol. The molecule has 8 nitrogen and oxygen atoms in total. The highest BCUT2D eigenvalue weighted by molar-refractivity contribution is 6.00. The van der Waals surface area contributed by atoms with Crippen molar-refractivity contribution in [2.75, 3.05) is 0 Å². The molecule has 13 rings (SSSR count). The van der Waals surface area contributed by atoms with Crippen molar-refractivity contribution < 1.29 is 0 Å². The second-order valence-electron chi connectivity index (χ2n) is 20.6. The third-order valence-electron chi connectivity index (χ3n) is 14.9. The minimum absolute atomic E-state index is 0.580. The number of nitriles is 4. The summed E-state index contributed by atoms with van der Waals surface area (Å²) in [5.41, 5.74) is 22.4. The van der Waals surface area contributed by atoms with Crippen LogP contribution in [0.15, 0.2) is 218 Å². The predicted molar refractivity (Wildman–Crippen MR) is 349 cm³/mol. The van der Waals surface area contributed by atoms with Crippen LogP contribution in [-0.2, 0) is 0 Å². The number of H-pyrrole nitrogens is 2. The zero-order valence-corrected chi connectivity index (χ0v) is 46.8. The molecule has 402 valence electrons. The number of hydrogen-bond donors (Lipinski definition) is 2. The van der Waals surface area contributed by atoms with Gasteiger partial charge in [0.1, 0.15) is 0 Å². The van der Waals surface area contributed by atoms with Crippen LogP contribution in [0.1, 0.15) is 89.5 Å². The Morgan fingerprint density at radius 1 is 0.205 bits per heavy atom. The molecule has 0 spiro atoms. The summed E-state index contributed by atoms with van der Waals surface area (Å²) in [5.74, 6) is 26.2. The Bertz CT molecular complexity index is 4630. The van der Waals surface area contributed by atoms with Gasteiger partial charge in [0.15, 0.2) is 0 Å². The molecule has 3 aromatic heterocycles. The Morgan fingerprint density at radius 3 is 0.534 bits per heavy atom. The van der Waals surface area contributed by atoms with Crippen LogP contribution in [0.25, 0.3) is 90.9 Å². The molecular weight excluding hydrogens is 1070 g/mol. The van der Waals surface area contributed by atoms with Crippen molar-refractivity contribution in [2.24, 2.45) is 0 Å². The van der Waals surface area contributed by atoms with E-state index in [9.17, 15) is 21.0 Å². The van der Waals surface area contributed by atoms with E-state index in [4.69, 9.17) is 9.97 Å². The van der Waals surface area contributed by atoms with Crippen molar-refractivity contribution in [3.8, 4) is 116 Å². The van der Waals surface area contributed by atoms with Gasteiger partial charge in [-0.05, 0) is 216 Å². The Hall–Kier alpha value is -13.4. The molecule has 8 heteroatoms. The maximum absolute atomic E-state index is 9.33. The second-order valence-corrected chi connectivity index (χ2v) is 20.6. The van der Waals surface area contributed by atoms with Gasteiger partial charge in [-0.3, -0.25) is 0 Å². The van der Waals surface area contributed by atoms with Crippen LogP contribution in [0.3, 0.4) is 0 Å².